The quantitative estimate of drug-likeness (QED) is 0.662. The van der Waals surface area contributed by atoms with Crippen LogP contribution in [0.5, 0.6) is 0 Å². The van der Waals surface area contributed by atoms with Crippen LogP contribution in [0.25, 0.3) is 0 Å². The van der Waals surface area contributed by atoms with Crippen LogP contribution in [0.15, 0.2) is 18.2 Å². The van der Waals surface area contributed by atoms with E-state index in [0.717, 1.165) is 5.56 Å². The number of anilines is 2. The van der Waals surface area contributed by atoms with Gasteiger partial charge in [0.15, 0.2) is 0 Å². The van der Waals surface area contributed by atoms with Gasteiger partial charge in [0.05, 0.1) is 18.0 Å². The van der Waals surface area contributed by atoms with Gasteiger partial charge in [-0.3, -0.25) is 9.10 Å². The molecule has 1 N–H and O–H groups in total. The fourth-order valence-electron chi connectivity index (χ4n) is 2.24. The largest absolute Gasteiger partial charge is 0.459 e. The second-order valence-corrected chi connectivity index (χ2v) is 6.93. The van der Waals surface area contributed by atoms with Crippen molar-refractivity contribution in [1.29, 1.82) is 0 Å². The highest BCUT2D eigenvalue weighted by molar-refractivity contribution is 7.93. The van der Waals surface area contributed by atoms with Crippen molar-refractivity contribution >= 4 is 33.3 Å². The van der Waals surface area contributed by atoms with E-state index < -0.39 is 21.9 Å². The van der Waals surface area contributed by atoms with Crippen molar-refractivity contribution in [1.82, 2.24) is 0 Å². The monoisotopic (exact) mass is 326 g/mol. The van der Waals surface area contributed by atoms with Gasteiger partial charge in [0.1, 0.15) is 0 Å². The zero-order valence-electron chi connectivity index (χ0n) is 12.5. The Bertz CT molecular complexity index is 699. The number of nitrogens with one attached hydrogen (secondary N) is 1. The summed E-state index contributed by atoms with van der Waals surface area (Å²) < 4.78 is 30.0. The van der Waals surface area contributed by atoms with Crippen LogP contribution in [-0.4, -0.2) is 39.2 Å². The van der Waals surface area contributed by atoms with Crippen LogP contribution in [0.1, 0.15) is 18.9 Å². The number of aryl methyl sites for hydroxylation is 1. The molecule has 0 saturated carbocycles. The number of esters is 1. The lowest BCUT2D eigenvalue weighted by Gasteiger charge is -2.20. The summed E-state index contributed by atoms with van der Waals surface area (Å²) in [5.41, 5.74) is 1.64. The topological polar surface area (TPSA) is 92.8 Å². The van der Waals surface area contributed by atoms with Crippen molar-refractivity contribution in [2.45, 2.75) is 20.3 Å². The number of rotatable bonds is 3. The molecule has 1 amide bonds. The maximum atomic E-state index is 12.0. The molecular weight excluding hydrogens is 308 g/mol. The van der Waals surface area contributed by atoms with Crippen LogP contribution < -0.4 is 9.62 Å². The molecule has 1 aliphatic heterocycles. The van der Waals surface area contributed by atoms with E-state index in [4.69, 9.17) is 0 Å². The lowest BCUT2D eigenvalue weighted by molar-refractivity contribution is -0.152. The molecule has 1 heterocycles. The van der Waals surface area contributed by atoms with E-state index >= 15 is 0 Å². The molecule has 1 aromatic carbocycles. The van der Waals surface area contributed by atoms with Gasteiger partial charge < -0.3 is 10.1 Å². The number of sulfonamides is 1. The predicted octanol–water partition coefficient (Wildman–Crippen LogP) is 1.04. The minimum absolute atomic E-state index is 0.109. The minimum Gasteiger partial charge on any atom is -0.459 e. The van der Waals surface area contributed by atoms with Crippen LogP contribution in [0.3, 0.4) is 0 Å². The van der Waals surface area contributed by atoms with Crippen LogP contribution >= 0.6 is 0 Å². The third kappa shape index (κ3) is 3.38. The summed E-state index contributed by atoms with van der Waals surface area (Å²) in [6, 6.07) is 4.86. The average Bonchev–Trinajstić information content (AvgIpc) is 2.80. The van der Waals surface area contributed by atoms with Gasteiger partial charge in [-0.25, -0.2) is 13.2 Å². The molecule has 0 aromatic heterocycles. The fraction of sp³-hybridized carbons (Fsp3) is 0.429. The molecule has 1 aromatic rings. The average molecular weight is 326 g/mol. The summed E-state index contributed by atoms with van der Waals surface area (Å²) in [6.07, 6.45) is 0.571. The first-order chi connectivity index (χ1) is 10.3. The highest BCUT2D eigenvalue weighted by Gasteiger charge is 2.29. The number of hydrogen-bond donors (Lipinski definition) is 1. The number of ether oxygens (including phenoxy) is 1. The molecule has 0 bridgehead atoms. The molecule has 0 spiro atoms. The molecule has 8 heteroatoms. The van der Waals surface area contributed by atoms with Crippen molar-refractivity contribution in [2.24, 2.45) is 0 Å². The highest BCUT2D eigenvalue weighted by atomic mass is 32.2. The maximum absolute atomic E-state index is 12.0. The molecule has 0 atom stereocenters. The molecule has 1 saturated heterocycles. The Balaban J connectivity index is 2.24. The van der Waals surface area contributed by atoms with E-state index in [1.165, 1.54) is 4.31 Å². The van der Waals surface area contributed by atoms with Crippen molar-refractivity contribution in [3.8, 4) is 0 Å². The van der Waals surface area contributed by atoms with E-state index in [2.05, 4.69) is 10.1 Å². The van der Waals surface area contributed by atoms with Crippen LogP contribution in [0.2, 0.25) is 0 Å². The van der Waals surface area contributed by atoms with Crippen LogP contribution in [-0.2, 0) is 24.3 Å². The number of carbonyl (C=O) groups excluding carboxylic acids is 2. The number of hydrogen-bond acceptors (Lipinski definition) is 5. The molecule has 0 unspecified atom stereocenters. The summed E-state index contributed by atoms with van der Waals surface area (Å²) >= 11 is 0. The van der Waals surface area contributed by atoms with Gasteiger partial charge in [0, 0.05) is 12.2 Å². The molecule has 2 rings (SSSR count). The third-order valence-corrected chi connectivity index (χ3v) is 5.15. The zero-order valence-corrected chi connectivity index (χ0v) is 13.3. The van der Waals surface area contributed by atoms with Gasteiger partial charge in [-0.1, -0.05) is 6.07 Å². The molecular formula is C14H18N2O5S. The molecule has 7 nitrogen and oxygen atoms in total. The standard InChI is InChI=1S/C14H18N2O5S/c1-3-21-14(18)13(17)15-11-6-5-10(2)12(9-11)16-7-4-8-22(16,19)20/h5-6,9H,3-4,7-8H2,1-2H3,(H,15,17). The van der Waals surface area contributed by atoms with Crippen LogP contribution in [0, 0.1) is 6.92 Å². The van der Waals surface area contributed by atoms with E-state index in [-0.39, 0.29) is 12.4 Å². The highest BCUT2D eigenvalue weighted by Crippen LogP contribution is 2.29. The van der Waals surface area contributed by atoms with Gasteiger partial charge in [-0.2, -0.15) is 0 Å². The number of carbonyl (C=O) groups is 2. The summed E-state index contributed by atoms with van der Waals surface area (Å²) in [5, 5.41) is 2.41. The van der Waals surface area contributed by atoms with Crippen LogP contribution in [0.4, 0.5) is 11.4 Å². The van der Waals surface area contributed by atoms with Gasteiger partial charge >= 0.3 is 11.9 Å². The normalized spacial score (nSPS) is 16.4. The van der Waals surface area contributed by atoms with Gasteiger partial charge in [0.2, 0.25) is 10.0 Å². The number of amides is 1. The summed E-state index contributed by atoms with van der Waals surface area (Å²) in [5.74, 6) is -1.74. The Morgan fingerprint density at radius 3 is 2.68 bits per heavy atom. The Hall–Kier alpha value is -2.09. The van der Waals surface area contributed by atoms with Crippen molar-refractivity contribution < 1.29 is 22.7 Å². The second-order valence-electron chi connectivity index (χ2n) is 4.92. The van der Waals surface area contributed by atoms with Crippen molar-refractivity contribution in [2.75, 3.05) is 28.5 Å². The lowest BCUT2D eigenvalue weighted by atomic mass is 10.1. The summed E-state index contributed by atoms with van der Waals surface area (Å²) in [6.45, 7) is 3.92. The summed E-state index contributed by atoms with van der Waals surface area (Å²) in [7, 11) is -3.30. The SMILES string of the molecule is CCOC(=O)C(=O)Nc1ccc(C)c(N2CCCS2(=O)=O)c1. The van der Waals surface area contributed by atoms with Crippen molar-refractivity contribution in [3.63, 3.8) is 0 Å². The van der Waals surface area contributed by atoms with E-state index in [1.54, 1.807) is 32.0 Å². The molecule has 120 valence electrons. The van der Waals surface area contributed by atoms with E-state index in [1.807, 2.05) is 0 Å². The van der Waals surface area contributed by atoms with E-state index in [0.29, 0.717) is 24.3 Å². The van der Waals surface area contributed by atoms with Crippen molar-refractivity contribution in [3.05, 3.63) is 23.8 Å². The van der Waals surface area contributed by atoms with E-state index in [9.17, 15) is 18.0 Å². The maximum Gasteiger partial charge on any atom is 0.397 e. The lowest BCUT2D eigenvalue weighted by Crippen LogP contribution is -2.27. The Morgan fingerprint density at radius 2 is 2.09 bits per heavy atom. The Labute approximate surface area is 129 Å². The first-order valence-electron chi connectivity index (χ1n) is 6.94. The van der Waals surface area contributed by atoms with Gasteiger partial charge in [-0.15, -0.1) is 0 Å². The van der Waals surface area contributed by atoms with Gasteiger partial charge in [-0.05, 0) is 38.0 Å². The fourth-order valence-corrected chi connectivity index (χ4v) is 3.86. The number of benzene rings is 1. The number of nitrogens with zero attached hydrogens (tertiary/aromatic N) is 1. The molecule has 1 fully saturated rings. The minimum atomic E-state index is -3.30. The Morgan fingerprint density at radius 1 is 1.36 bits per heavy atom. The molecule has 0 aliphatic carbocycles. The second kappa shape index (κ2) is 6.35. The first kappa shape index (κ1) is 16.3. The molecule has 0 radical (unpaired) electrons. The third-order valence-electron chi connectivity index (χ3n) is 3.30. The predicted molar refractivity (Wildman–Crippen MR) is 82.2 cm³/mol. The Kier molecular flexibility index (Phi) is 4.70. The summed E-state index contributed by atoms with van der Waals surface area (Å²) in [4.78, 5) is 22.9. The van der Waals surface area contributed by atoms with Gasteiger partial charge in [0.25, 0.3) is 0 Å². The first-order valence-corrected chi connectivity index (χ1v) is 8.55. The molecule has 1 aliphatic rings. The zero-order chi connectivity index (χ0) is 16.3. The smallest absolute Gasteiger partial charge is 0.397 e. The molecule has 22 heavy (non-hydrogen) atoms.